The zero-order chi connectivity index (χ0) is 13.9. The molecular weight excluding hydrogens is 257 g/mol. The number of halogens is 1. The molecule has 2 aromatic carbocycles. The number of hydrogen-bond acceptors (Lipinski definition) is 4. The van der Waals surface area contributed by atoms with Crippen molar-refractivity contribution in [3.63, 3.8) is 0 Å². The van der Waals surface area contributed by atoms with E-state index in [2.05, 4.69) is 15.4 Å². The van der Waals surface area contributed by atoms with Crippen LogP contribution in [0.15, 0.2) is 48.5 Å². The second-order valence-corrected chi connectivity index (χ2v) is 4.21. The Hall–Kier alpha value is -2.60. The molecule has 0 aliphatic carbocycles. The normalized spacial score (nSPS) is 10.7. The van der Waals surface area contributed by atoms with Gasteiger partial charge in [0.05, 0.1) is 5.69 Å². The highest BCUT2D eigenvalue weighted by atomic mass is 19.1. The monoisotopic (exact) mass is 269 g/mol. The van der Waals surface area contributed by atoms with Gasteiger partial charge in [-0.3, -0.25) is 0 Å². The Morgan fingerprint density at radius 2 is 1.85 bits per heavy atom. The molecule has 0 saturated heterocycles. The first kappa shape index (κ1) is 12.4. The maximum atomic E-state index is 13.7. The van der Waals surface area contributed by atoms with E-state index >= 15 is 0 Å². The Labute approximate surface area is 114 Å². The molecule has 0 aliphatic heterocycles. The van der Waals surface area contributed by atoms with Crippen LogP contribution in [0.1, 0.15) is 5.56 Å². The summed E-state index contributed by atoms with van der Waals surface area (Å²) in [6.07, 6.45) is 0. The summed E-state index contributed by atoms with van der Waals surface area (Å²) >= 11 is 0. The van der Waals surface area contributed by atoms with Crippen molar-refractivity contribution in [3.05, 3.63) is 59.9 Å². The predicted molar refractivity (Wildman–Crippen MR) is 72.4 cm³/mol. The van der Waals surface area contributed by atoms with Gasteiger partial charge in [-0.2, -0.15) is 0 Å². The van der Waals surface area contributed by atoms with E-state index in [1.54, 1.807) is 12.1 Å². The zero-order valence-electron chi connectivity index (χ0n) is 10.6. The first-order valence-corrected chi connectivity index (χ1v) is 6.13. The number of nitrogens with two attached hydrogens (primary N) is 1. The molecule has 0 saturated carbocycles. The van der Waals surface area contributed by atoms with Crippen molar-refractivity contribution in [3.8, 4) is 17.1 Å². The van der Waals surface area contributed by atoms with Crippen LogP contribution in [0.2, 0.25) is 0 Å². The Balaban J connectivity index is 2.05. The Morgan fingerprint density at radius 1 is 1.05 bits per heavy atom. The smallest absolute Gasteiger partial charge is 0.205 e. The van der Waals surface area contributed by atoms with Gasteiger partial charge in [-0.25, -0.2) is 4.39 Å². The van der Waals surface area contributed by atoms with E-state index in [1.807, 2.05) is 30.3 Å². The number of tetrazole rings is 1. The number of benzene rings is 2. The Kier molecular flexibility index (Phi) is 3.22. The largest absolute Gasteiger partial charge is 0.326 e. The molecule has 3 aromatic rings. The van der Waals surface area contributed by atoms with Crippen molar-refractivity contribution in [2.75, 3.05) is 0 Å². The summed E-state index contributed by atoms with van der Waals surface area (Å²) in [7, 11) is 0. The molecule has 0 radical (unpaired) electrons. The van der Waals surface area contributed by atoms with Gasteiger partial charge in [0.15, 0.2) is 0 Å². The van der Waals surface area contributed by atoms with E-state index in [0.29, 0.717) is 17.1 Å². The lowest BCUT2D eigenvalue weighted by Gasteiger charge is -2.06. The fourth-order valence-electron chi connectivity index (χ4n) is 1.96. The number of rotatable bonds is 3. The fraction of sp³-hybridized carbons (Fsp3) is 0.0714. The minimum absolute atomic E-state index is 0.0736. The molecule has 1 aromatic heterocycles. The van der Waals surface area contributed by atoms with Gasteiger partial charge in [-0.15, -0.1) is 15.0 Å². The quantitative estimate of drug-likeness (QED) is 0.788. The van der Waals surface area contributed by atoms with E-state index in [1.165, 1.54) is 10.9 Å². The van der Waals surface area contributed by atoms with Gasteiger partial charge in [-0.05, 0) is 17.3 Å². The van der Waals surface area contributed by atoms with Crippen molar-refractivity contribution in [2.24, 2.45) is 5.73 Å². The summed E-state index contributed by atoms with van der Waals surface area (Å²) in [6, 6.07) is 14.1. The highest BCUT2D eigenvalue weighted by Gasteiger charge is 2.12. The summed E-state index contributed by atoms with van der Waals surface area (Å²) in [6.45, 7) is 0.0736. The van der Waals surface area contributed by atoms with E-state index < -0.39 is 0 Å². The molecule has 20 heavy (non-hydrogen) atoms. The van der Waals surface area contributed by atoms with Crippen molar-refractivity contribution < 1.29 is 4.39 Å². The van der Waals surface area contributed by atoms with Crippen LogP contribution in [0.25, 0.3) is 17.1 Å². The van der Waals surface area contributed by atoms with Gasteiger partial charge < -0.3 is 5.73 Å². The van der Waals surface area contributed by atoms with Crippen LogP contribution < -0.4 is 5.73 Å². The molecule has 6 heteroatoms. The molecule has 2 N–H and O–H groups in total. The van der Waals surface area contributed by atoms with Crippen LogP contribution in [0.4, 0.5) is 4.39 Å². The van der Waals surface area contributed by atoms with Crippen LogP contribution in [0.5, 0.6) is 0 Å². The lowest BCUT2D eigenvalue weighted by Crippen LogP contribution is -2.09. The minimum atomic E-state index is -0.372. The predicted octanol–water partition coefficient (Wildman–Crippen LogP) is 1.93. The summed E-state index contributed by atoms with van der Waals surface area (Å²) in [5, 5.41) is 12.2. The van der Waals surface area contributed by atoms with Crippen molar-refractivity contribution in [1.82, 2.24) is 20.2 Å². The van der Waals surface area contributed by atoms with Gasteiger partial charge in [0, 0.05) is 17.7 Å². The third kappa shape index (κ3) is 2.17. The van der Waals surface area contributed by atoms with E-state index in [0.717, 1.165) is 5.56 Å². The van der Waals surface area contributed by atoms with E-state index in [-0.39, 0.29) is 12.4 Å². The Bertz CT molecular complexity index is 723. The van der Waals surface area contributed by atoms with Gasteiger partial charge in [0.2, 0.25) is 5.82 Å². The molecule has 0 amide bonds. The lowest BCUT2D eigenvalue weighted by atomic mass is 10.1. The zero-order valence-corrected chi connectivity index (χ0v) is 10.6. The van der Waals surface area contributed by atoms with Crippen LogP contribution >= 0.6 is 0 Å². The molecule has 100 valence electrons. The molecule has 0 unspecified atom stereocenters. The molecule has 0 aliphatic rings. The molecule has 3 rings (SSSR count). The molecule has 1 heterocycles. The maximum absolute atomic E-state index is 13.7. The van der Waals surface area contributed by atoms with E-state index in [4.69, 9.17) is 5.73 Å². The highest BCUT2D eigenvalue weighted by molar-refractivity contribution is 5.53. The maximum Gasteiger partial charge on any atom is 0.205 e. The molecular formula is C14H12FN5. The molecule has 0 fully saturated rings. The van der Waals surface area contributed by atoms with Gasteiger partial charge >= 0.3 is 0 Å². The topological polar surface area (TPSA) is 69.6 Å². The van der Waals surface area contributed by atoms with Gasteiger partial charge in [-0.1, -0.05) is 36.4 Å². The van der Waals surface area contributed by atoms with Crippen LogP contribution in [0, 0.1) is 5.82 Å². The number of nitrogens with zero attached hydrogens (tertiary/aromatic N) is 4. The van der Waals surface area contributed by atoms with E-state index in [9.17, 15) is 4.39 Å². The highest BCUT2D eigenvalue weighted by Crippen LogP contribution is 2.18. The van der Waals surface area contributed by atoms with Gasteiger partial charge in [0.25, 0.3) is 0 Å². The standard InChI is InChI=1S/C14H12FN5/c15-12-7-4-8-13(11(12)9-16)20-18-14(17-19-20)10-5-2-1-3-6-10/h1-8H,9,16H2. The number of hydrogen-bond donors (Lipinski definition) is 1. The average Bonchev–Trinajstić information content (AvgIpc) is 2.97. The average molecular weight is 269 g/mol. The third-order valence-electron chi connectivity index (χ3n) is 2.96. The molecule has 0 bridgehead atoms. The SMILES string of the molecule is NCc1c(F)cccc1-n1nnc(-c2ccccc2)n1. The first-order chi connectivity index (χ1) is 9.79. The lowest BCUT2D eigenvalue weighted by molar-refractivity contribution is 0.601. The van der Waals surface area contributed by atoms with Crippen molar-refractivity contribution >= 4 is 0 Å². The molecule has 0 spiro atoms. The fourth-order valence-corrected chi connectivity index (χ4v) is 1.96. The molecule has 5 nitrogen and oxygen atoms in total. The van der Waals surface area contributed by atoms with Crippen LogP contribution in [0.3, 0.4) is 0 Å². The summed E-state index contributed by atoms with van der Waals surface area (Å²) < 4.78 is 13.7. The number of aromatic nitrogens is 4. The summed E-state index contributed by atoms with van der Waals surface area (Å²) in [5.74, 6) is 0.112. The van der Waals surface area contributed by atoms with Gasteiger partial charge in [0.1, 0.15) is 5.82 Å². The third-order valence-corrected chi connectivity index (χ3v) is 2.96. The molecule has 0 atom stereocenters. The second-order valence-electron chi connectivity index (χ2n) is 4.21. The first-order valence-electron chi connectivity index (χ1n) is 6.13. The van der Waals surface area contributed by atoms with Crippen molar-refractivity contribution in [2.45, 2.75) is 6.54 Å². The van der Waals surface area contributed by atoms with Crippen LogP contribution in [-0.4, -0.2) is 20.2 Å². The minimum Gasteiger partial charge on any atom is -0.326 e. The van der Waals surface area contributed by atoms with Crippen LogP contribution in [-0.2, 0) is 6.54 Å². The van der Waals surface area contributed by atoms with Crippen molar-refractivity contribution in [1.29, 1.82) is 0 Å². The second kappa shape index (κ2) is 5.18. The Morgan fingerprint density at radius 3 is 2.60 bits per heavy atom. The summed E-state index contributed by atoms with van der Waals surface area (Å²) in [5.41, 5.74) is 7.30. The summed E-state index contributed by atoms with van der Waals surface area (Å²) in [4.78, 5) is 1.30.